The highest BCUT2D eigenvalue weighted by Crippen LogP contribution is 2.29. The van der Waals surface area contributed by atoms with E-state index in [0.29, 0.717) is 13.2 Å². The lowest BCUT2D eigenvalue weighted by Crippen LogP contribution is -2.03. The molecule has 0 amide bonds. The molecule has 230 valence electrons. The van der Waals surface area contributed by atoms with Crippen LogP contribution in [-0.4, -0.2) is 13.2 Å². The van der Waals surface area contributed by atoms with Crippen molar-refractivity contribution < 1.29 is 9.47 Å². The number of rotatable bonds is 14. The second-order valence-corrected chi connectivity index (χ2v) is 15.8. The van der Waals surface area contributed by atoms with Crippen molar-refractivity contribution in [2.75, 3.05) is 13.2 Å². The van der Waals surface area contributed by atoms with Crippen LogP contribution in [0.25, 0.3) is 12.2 Å². The summed E-state index contributed by atoms with van der Waals surface area (Å²) in [5.74, 6) is 14.9. The molecule has 0 heterocycles. The van der Waals surface area contributed by atoms with Gasteiger partial charge in [0.25, 0.3) is 0 Å². The molecular weight excluding hydrogens is 808 g/mol. The SMILES string of the molecule is CCCCCCOc1cc(C#Cc2ccc(C=C(Br)Br)cc2)c(OCCCCCC)cc1C#Cc1ccc(C=C(Br)Br)cc1. The molecule has 0 aromatic heterocycles. The van der Waals surface area contributed by atoms with Gasteiger partial charge in [0.2, 0.25) is 0 Å². The summed E-state index contributed by atoms with van der Waals surface area (Å²) in [6.07, 6.45) is 13.1. The summed E-state index contributed by atoms with van der Waals surface area (Å²) in [5.41, 5.74) is 5.63. The predicted octanol–water partition coefficient (Wildman–Crippen LogP) is 12.6. The highest BCUT2D eigenvalue weighted by Gasteiger charge is 2.11. The quantitative estimate of drug-likeness (QED) is 0.119. The summed E-state index contributed by atoms with van der Waals surface area (Å²) in [5, 5.41) is 0. The molecule has 44 heavy (non-hydrogen) atoms. The fourth-order valence-electron chi connectivity index (χ4n) is 4.27. The topological polar surface area (TPSA) is 18.5 Å². The molecule has 0 bridgehead atoms. The standard InChI is InChI=1S/C38H38Br4O2/c1-3-5-7-9-23-43-35-27-34(22-20-30-13-17-32(18-14-30)26-38(41)42)36(44-24-10-8-6-4-2)28-33(35)21-19-29-11-15-31(16-12-29)25-37(39)40/h11-18,25-28H,3-10,23-24H2,1-2H3. The molecule has 0 fully saturated rings. The minimum atomic E-state index is 0.638. The highest BCUT2D eigenvalue weighted by molar-refractivity contribution is 9.28. The molecule has 0 aliphatic heterocycles. The maximum absolute atomic E-state index is 6.33. The third-order valence-corrected chi connectivity index (χ3v) is 7.56. The minimum Gasteiger partial charge on any atom is -0.492 e. The molecule has 0 atom stereocenters. The number of halogens is 4. The van der Waals surface area contributed by atoms with Crippen molar-refractivity contribution in [3.8, 4) is 35.2 Å². The Hall–Kier alpha value is -2.22. The second kappa shape index (κ2) is 20.7. The molecule has 3 aromatic rings. The zero-order chi connectivity index (χ0) is 31.6. The molecule has 3 rings (SSSR count). The Kier molecular flexibility index (Phi) is 17.1. The van der Waals surface area contributed by atoms with Crippen LogP contribution in [-0.2, 0) is 0 Å². The number of benzene rings is 3. The Bertz CT molecular complexity index is 1390. The van der Waals surface area contributed by atoms with E-state index in [-0.39, 0.29) is 0 Å². The Morgan fingerprint density at radius 3 is 1.27 bits per heavy atom. The van der Waals surface area contributed by atoms with Crippen molar-refractivity contribution in [3.63, 3.8) is 0 Å². The minimum absolute atomic E-state index is 0.638. The van der Waals surface area contributed by atoms with E-state index in [0.717, 1.165) is 77.3 Å². The maximum atomic E-state index is 6.33. The highest BCUT2D eigenvalue weighted by atomic mass is 79.9. The summed E-state index contributed by atoms with van der Waals surface area (Å²) in [6, 6.07) is 20.3. The fourth-order valence-corrected chi connectivity index (χ4v) is 5.33. The average Bonchev–Trinajstić information content (AvgIpc) is 3.00. The van der Waals surface area contributed by atoms with E-state index >= 15 is 0 Å². The van der Waals surface area contributed by atoms with Gasteiger partial charge in [-0.25, -0.2) is 0 Å². The monoisotopic (exact) mass is 842 g/mol. The van der Waals surface area contributed by atoms with E-state index in [9.17, 15) is 0 Å². The summed E-state index contributed by atoms with van der Waals surface area (Å²) >= 11 is 13.7. The summed E-state index contributed by atoms with van der Waals surface area (Å²) < 4.78 is 14.5. The molecule has 2 nitrogen and oxygen atoms in total. The Labute approximate surface area is 297 Å². The first-order chi connectivity index (χ1) is 21.4. The van der Waals surface area contributed by atoms with Gasteiger partial charge in [0, 0.05) is 23.3 Å². The van der Waals surface area contributed by atoms with Crippen molar-refractivity contribution in [1.29, 1.82) is 0 Å². The van der Waals surface area contributed by atoms with Gasteiger partial charge in [0.15, 0.2) is 0 Å². The van der Waals surface area contributed by atoms with Crippen molar-refractivity contribution in [1.82, 2.24) is 0 Å². The maximum Gasteiger partial charge on any atom is 0.136 e. The first-order valence-electron chi connectivity index (χ1n) is 15.1. The average molecular weight is 846 g/mol. The van der Waals surface area contributed by atoms with Gasteiger partial charge in [-0.15, -0.1) is 0 Å². The molecule has 0 aliphatic rings. The smallest absolute Gasteiger partial charge is 0.136 e. The summed E-state index contributed by atoms with van der Waals surface area (Å²) in [6.45, 7) is 5.71. The van der Waals surface area contributed by atoms with Crippen LogP contribution in [0.2, 0.25) is 0 Å². The van der Waals surface area contributed by atoms with Gasteiger partial charge in [0.05, 0.1) is 31.1 Å². The number of hydrogen-bond acceptors (Lipinski definition) is 2. The molecule has 0 saturated carbocycles. The van der Waals surface area contributed by atoms with Crippen LogP contribution in [0.4, 0.5) is 0 Å². The number of ether oxygens (including phenoxy) is 2. The van der Waals surface area contributed by atoms with E-state index in [1.54, 1.807) is 0 Å². The molecule has 0 aliphatic carbocycles. The Balaban J connectivity index is 1.98. The zero-order valence-corrected chi connectivity index (χ0v) is 31.7. The second-order valence-electron chi connectivity index (χ2n) is 10.3. The van der Waals surface area contributed by atoms with Gasteiger partial charge < -0.3 is 9.47 Å². The Morgan fingerprint density at radius 2 is 0.932 bits per heavy atom. The first-order valence-corrected chi connectivity index (χ1v) is 18.3. The van der Waals surface area contributed by atoms with Crippen LogP contribution in [0.1, 0.15) is 98.6 Å². The lowest BCUT2D eigenvalue weighted by molar-refractivity contribution is 0.295. The Morgan fingerprint density at radius 1 is 0.545 bits per heavy atom. The van der Waals surface area contributed by atoms with E-state index < -0.39 is 0 Å². The van der Waals surface area contributed by atoms with E-state index in [4.69, 9.17) is 9.47 Å². The number of hydrogen-bond donors (Lipinski definition) is 0. The summed E-state index contributed by atoms with van der Waals surface area (Å²) in [4.78, 5) is 0. The normalized spacial score (nSPS) is 10.1. The van der Waals surface area contributed by atoms with Crippen molar-refractivity contribution >= 4 is 75.9 Å². The molecule has 0 N–H and O–H groups in total. The van der Waals surface area contributed by atoms with E-state index in [1.807, 2.05) is 72.8 Å². The fraction of sp³-hybridized carbons (Fsp3) is 0.316. The van der Waals surface area contributed by atoms with Crippen LogP contribution in [0, 0.1) is 23.7 Å². The van der Waals surface area contributed by atoms with E-state index in [1.165, 1.54) is 25.7 Å². The van der Waals surface area contributed by atoms with Crippen molar-refractivity contribution in [2.24, 2.45) is 0 Å². The van der Waals surface area contributed by atoms with Crippen LogP contribution in [0.15, 0.2) is 67.4 Å². The van der Waals surface area contributed by atoms with Crippen LogP contribution in [0.3, 0.4) is 0 Å². The van der Waals surface area contributed by atoms with Gasteiger partial charge in [-0.3, -0.25) is 0 Å². The number of unbranched alkanes of at least 4 members (excludes halogenated alkanes) is 6. The van der Waals surface area contributed by atoms with Crippen molar-refractivity contribution in [3.05, 3.63) is 101 Å². The summed E-state index contributed by atoms with van der Waals surface area (Å²) in [7, 11) is 0. The zero-order valence-electron chi connectivity index (χ0n) is 25.3. The molecule has 0 spiro atoms. The molecule has 0 unspecified atom stereocenters. The van der Waals surface area contributed by atoms with Crippen LogP contribution in [0.5, 0.6) is 11.5 Å². The molecule has 0 saturated heterocycles. The predicted molar refractivity (Wildman–Crippen MR) is 202 cm³/mol. The van der Waals surface area contributed by atoms with E-state index in [2.05, 4.69) is 101 Å². The molecular formula is C38H38Br4O2. The molecule has 3 aromatic carbocycles. The third-order valence-electron chi connectivity index (χ3n) is 6.65. The van der Waals surface area contributed by atoms with Crippen LogP contribution >= 0.6 is 63.7 Å². The van der Waals surface area contributed by atoms with Gasteiger partial charge in [-0.2, -0.15) is 0 Å². The largest absolute Gasteiger partial charge is 0.492 e. The lowest BCUT2D eigenvalue weighted by Gasteiger charge is -2.14. The van der Waals surface area contributed by atoms with Gasteiger partial charge in [-0.1, -0.05) is 100 Å². The first kappa shape index (κ1) is 36.3. The third kappa shape index (κ3) is 13.8. The van der Waals surface area contributed by atoms with Gasteiger partial charge in [-0.05, 0) is 124 Å². The lowest BCUT2D eigenvalue weighted by atomic mass is 10.1. The molecule has 0 radical (unpaired) electrons. The van der Waals surface area contributed by atoms with Gasteiger partial charge >= 0.3 is 0 Å². The van der Waals surface area contributed by atoms with Gasteiger partial charge in [0.1, 0.15) is 11.5 Å². The molecule has 6 heteroatoms. The van der Waals surface area contributed by atoms with Crippen LogP contribution < -0.4 is 9.47 Å². The van der Waals surface area contributed by atoms with Crippen molar-refractivity contribution in [2.45, 2.75) is 65.2 Å².